The van der Waals surface area contributed by atoms with Crippen molar-refractivity contribution >= 4 is 5.96 Å². The van der Waals surface area contributed by atoms with Crippen LogP contribution in [0.4, 0.5) is 0 Å². The largest absolute Gasteiger partial charge is 0.357 e. The van der Waals surface area contributed by atoms with E-state index >= 15 is 0 Å². The van der Waals surface area contributed by atoms with Crippen LogP contribution in [-0.2, 0) is 6.54 Å². The summed E-state index contributed by atoms with van der Waals surface area (Å²) in [5.74, 6) is 0.906. The van der Waals surface area contributed by atoms with E-state index in [4.69, 9.17) is 0 Å². The Hall–Kier alpha value is -1.51. The fourth-order valence-corrected chi connectivity index (χ4v) is 2.20. The van der Waals surface area contributed by atoms with Gasteiger partial charge >= 0.3 is 0 Å². The van der Waals surface area contributed by atoms with E-state index in [1.165, 1.54) is 22.3 Å². The van der Waals surface area contributed by atoms with Crippen molar-refractivity contribution in [2.45, 2.75) is 47.6 Å². The highest BCUT2D eigenvalue weighted by molar-refractivity contribution is 5.79. The lowest BCUT2D eigenvalue weighted by atomic mass is 10.00. The number of aliphatic imine (C=N–C) groups is 1. The fourth-order valence-electron chi connectivity index (χ4n) is 2.20. The van der Waals surface area contributed by atoms with Crippen LogP contribution in [0.1, 0.15) is 42.5 Å². The molecule has 0 aliphatic rings. The maximum absolute atomic E-state index is 4.67. The predicted molar refractivity (Wildman–Crippen MR) is 83.8 cm³/mol. The van der Waals surface area contributed by atoms with Crippen molar-refractivity contribution in [3.8, 4) is 0 Å². The van der Waals surface area contributed by atoms with Gasteiger partial charge in [0, 0.05) is 13.1 Å². The molecule has 3 nitrogen and oxygen atoms in total. The quantitative estimate of drug-likeness (QED) is 0.631. The summed E-state index contributed by atoms with van der Waals surface area (Å²) < 4.78 is 0. The molecule has 0 spiro atoms. The smallest absolute Gasteiger partial charge is 0.191 e. The molecule has 0 saturated carbocycles. The average molecular weight is 261 g/mol. The van der Waals surface area contributed by atoms with E-state index in [1.807, 2.05) is 0 Å². The average Bonchev–Trinajstić information content (AvgIpc) is 2.34. The molecule has 1 aromatic rings. The molecule has 0 aliphatic heterocycles. The molecule has 1 rings (SSSR count). The van der Waals surface area contributed by atoms with Gasteiger partial charge in [-0.05, 0) is 50.8 Å². The third kappa shape index (κ3) is 4.93. The van der Waals surface area contributed by atoms with Gasteiger partial charge in [0.25, 0.3) is 0 Å². The van der Waals surface area contributed by atoms with Gasteiger partial charge < -0.3 is 10.6 Å². The van der Waals surface area contributed by atoms with E-state index < -0.39 is 0 Å². The standard InChI is InChI=1S/C16H27N3/c1-6-8-18-16(17-7-2)19-11-15-13(4)9-12(3)10-14(15)5/h9-10H,6-8,11H2,1-5H3,(H2,17,18,19). The minimum atomic E-state index is 0.733. The predicted octanol–water partition coefficient (Wildman–Crippen LogP) is 3.08. The van der Waals surface area contributed by atoms with Gasteiger partial charge in [0.15, 0.2) is 5.96 Å². The first kappa shape index (κ1) is 15.5. The van der Waals surface area contributed by atoms with Crippen LogP contribution in [-0.4, -0.2) is 19.0 Å². The Labute approximate surface area is 117 Å². The van der Waals surface area contributed by atoms with Gasteiger partial charge in [0.1, 0.15) is 0 Å². The topological polar surface area (TPSA) is 36.4 Å². The van der Waals surface area contributed by atoms with Crippen molar-refractivity contribution in [3.63, 3.8) is 0 Å². The summed E-state index contributed by atoms with van der Waals surface area (Å²) in [6, 6.07) is 4.45. The number of hydrogen-bond donors (Lipinski definition) is 2. The highest BCUT2D eigenvalue weighted by Gasteiger charge is 2.04. The first-order valence-corrected chi connectivity index (χ1v) is 7.17. The van der Waals surface area contributed by atoms with Crippen LogP contribution in [0.25, 0.3) is 0 Å². The monoisotopic (exact) mass is 261 g/mol. The number of guanidine groups is 1. The van der Waals surface area contributed by atoms with Crippen LogP contribution in [0.15, 0.2) is 17.1 Å². The Balaban J connectivity index is 2.82. The number of hydrogen-bond acceptors (Lipinski definition) is 1. The Morgan fingerprint density at radius 3 is 2.21 bits per heavy atom. The van der Waals surface area contributed by atoms with Crippen molar-refractivity contribution in [2.75, 3.05) is 13.1 Å². The van der Waals surface area contributed by atoms with Gasteiger partial charge in [-0.1, -0.05) is 24.6 Å². The Morgan fingerprint density at radius 1 is 1.05 bits per heavy atom. The number of nitrogens with zero attached hydrogens (tertiary/aromatic N) is 1. The molecule has 0 bridgehead atoms. The molecule has 3 heteroatoms. The molecule has 2 N–H and O–H groups in total. The maximum Gasteiger partial charge on any atom is 0.191 e. The molecule has 19 heavy (non-hydrogen) atoms. The van der Waals surface area contributed by atoms with Gasteiger partial charge in [-0.3, -0.25) is 0 Å². The van der Waals surface area contributed by atoms with Gasteiger partial charge in [-0.25, -0.2) is 4.99 Å². The van der Waals surface area contributed by atoms with Crippen LogP contribution < -0.4 is 10.6 Å². The Kier molecular flexibility index (Phi) is 6.40. The summed E-state index contributed by atoms with van der Waals surface area (Å²) in [6.45, 7) is 13.3. The molecule has 0 heterocycles. The van der Waals surface area contributed by atoms with Crippen molar-refractivity contribution in [2.24, 2.45) is 4.99 Å². The van der Waals surface area contributed by atoms with Crippen LogP contribution in [0.2, 0.25) is 0 Å². The molecule has 106 valence electrons. The normalized spacial score (nSPS) is 11.5. The summed E-state index contributed by atoms with van der Waals surface area (Å²) >= 11 is 0. The van der Waals surface area contributed by atoms with E-state index in [-0.39, 0.29) is 0 Å². The molecule has 0 aromatic heterocycles. The lowest BCUT2D eigenvalue weighted by molar-refractivity contribution is 0.784. The van der Waals surface area contributed by atoms with Crippen molar-refractivity contribution in [1.29, 1.82) is 0 Å². The van der Waals surface area contributed by atoms with E-state index in [1.54, 1.807) is 0 Å². The third-order valence-electron chi connectivity index (χ3n) is 3.12. The maximum atomic E-state index is 4.67. The summed E-state index contributed by atoms with van der Waals surface area (Å²) in [5, 5.41) is 6.61. The number of rotatable bonds is 5. The molecule has 0 radical (unpaired) electrons. The minimum absolute atomic E-state index is 0.733. The second-order valence-corrected chi connectivity index (χ2v) is 5.00. The lowest BCUT2D eigenvalue weighted by Gasteiger charge is -2.12. The number of aryl methyl sites for hydroxylation is 3. The second-order valence-electron chi connectivity index (χ2n) is 5.00. The molecule has 0 aliphatic carbocycles. The van der Waals surface area contributed by atoms with Crippen LogP contribution in [0.5, 0.6) is 0 Å². The van der Waals surface area contributed by atoms with Gasteiger partial charge in [0.05, 0.1) is 6.54 Å². The summed E-state index contributed by atoms with van der Waals surface area (Å²) in [6.07, 6.45) is 1.10. The molecule has 0 unspecified atom stereocenters. The second kappa shape index (κ2) is 7.82. The third-order valence-corrected chi connectivity index (χ3v) is 3.12. The lowest BCUT2D eigenvalue weighted by Crippen LogP contribution is -2.37. The van der Waals surface area contributed by atoms with Crippen molar-refractivity contribution in [3.05, 3.63) is 34.4 Å². The van der Waals surface area contributed by atoms with Crippen molar-refractivity contribution < 1.29 is 0 Å². The minimum Gasteiger partial charge on any atom is -0.357 e. The zero-order valence-electron chi connectivity index (χ0n) is 12.9. The number of benzene rings is 1. The molecule has 0 fully saturated rings. The van der Waals surface area contributed by atoms with Gasteiger partial charge in [-0.15, -0.1) is 0 Å². The number of nitrogens with one attached hydrogen (secondary N) is 2. The molecular formula is C16H27N3. The first-order chi connectivity index (χ1) is 9.08. The van der Waals surface area contributed by atoms with Crippen LogP contribution in [0, 0.1) is 20.8 Å². The van der Waals surface area contributed by atoms with E-state index in [2.05, 4.69) is 62.4 Å². The molecule has 1 aromatic carbocycles. The van der Waals surface area contributed by atoms with E-state index in [0.29, 0.717) is 0 Å². The highest BCUT2D eigenvalue weighted by Crippen LogP contribution is 2.17. The highest BCUT2D eigenvalue weighted by atomic mass is 15.2. The van der Waals surface area contributed by atoms with Crippen LogP contribution >= 0.6 is 0 Å². The zero-order chi connectivity index (χ0) is 14.3. The van der Waals surface area contributed by atoms with Crippen molar-refractivity contribution in [1.82, 2.24) is 10.6 Å². The Morgan fingerprint density at radius 2 is 1.68 bits per heavy atom. The van der Waals surface area contributed by atoms with Gasteiger partial charge in [0.2, 0.25) is 0 Å². The van der Waals surface area contributed by atoms with Gasteiger partial charge in [-0.2, -0.15) is 0 Å². The molecule has 0 saturated heterocycles. The summed E-state index contributed by atoms with van der Waals surface area (Å²) in [4.78, 5) is 4.67. The Bertz CT molecular complexity index is 413. The zero-order valence-corrected chi connectivity index (χ0v) is 12.9. The van der Waals surface area contributed by atoms with E-state index in [9.17, 15) is 0 Å². The molecular weight excluding hydrogens is 234 g/mol. The first-order valence-electron chi connectivity index (χ1n) is 7.17. The molecule has 0 amide bonds. The van der Waals surface area contributed by atoms with E-state index in [0.717, 1.165) is 32.0 Å². The van der Waals surface area contributed by atoms with Crippen LogP contribution in [0.3, 0.4) is 0 Å². The summed E-state index contributed by atoms with van der Waals surface area (Å²) in [5.41, 5.74) is 5.30. The summed E-state index contributed by atoms with van der Waals surface area (Å²) in [7, 11) is 0. The fraction of sp³-hybridized carbons (Fsp3) is 0.562. The molecule has 0 atom stereocenters. The SMILES string of the molecule is CCCNC(=NCc1c(C)cc(C)cc1C)NCC.